The van der Waals surface area contributed by atoms with Gasteiger partial charge in [0, 0.05) is 11.7 Å². The molecule has 0 aliphatic rings. The second-order valence-corrected chi connectivity index (χ2v) is 5.23. The van der Waals surface area contributed by atoms with E-state index in [0.29, 0.717) is 17.2 Å². The minimum absolute atomic E-state index is 0.0543. The highest BCUT2D eigenvalue weighted by Gasteiger charge is 2.15. The minimum atomic E-state index is -0.890. The van der Waals surface area contributed by atoms with Gasteiger partial charge in [-0.1, -0.05) is 38.8 Å². The maximum absolute atomic E-state index is 12.0. The molecule has 0 aromatic heterocycles. The van der Waals surface area contributed by atoms with Crippen molar-refractivity contribution in [3.8, 4) is 0 Å². The molecule has 0 radical (unpaired) electrons. The number of carbonyl (C=O) groups is 2. The first-order valence-corrected chi connectivity index (χ1v) is 7.34. The molecule has 1 rings (SSSR count). The van der Waals surface area contributed by atoms with Crippen molar-refractivity contribution in [1.82, 2.24) is 5.32 Å². The summed E-state index contributed by atoms with van der Waals surface area (Å²) in [6.45, 7) is 6.22. The van der Waals surface area contributed by atoms with E-state index in [1.54, 1.807) is 24.3 Å². The molecule has 0 aliphatic carbocycles. The average molecular weight is 292 g/mol. The quantitative estimate of drug-likeness (QED) is 0.721. The number of carbonyl (C=O) groups excluding carboxylic acids is 1. The van der Waals surface area contributed by atoms with E-state index in [2.05, 4.69) is 24.5 Å². The maximum atomic E-state index is 12.0. The lowest BCUT2D eigenvalue weighted by atomic mass is 9.96. The fraction of sp³-hybridized carbons (Fsp3) is 0.500. The predicted molar refractivity (Wildman–Crippen MR) is 83.5 cm³/mol. The number of carboxylic acid groups (broad SMARTS) is 1. The van der Waals surface area contributed by atoms with Gasteiger partial charge < -0.3 is 15.7 Å². The highest BCUT2D eigenvalue weighted by atomic mass is 16.4. The van der Waals surface area contributed by atoms with E-state index >= 15 is 0 Å². The van der Waals surface area contributed by atoms with E-state index in [9.17, 15) is 9.59 Å². The van der Waals surface area contributed by atoms with Crippen LogP contribution in [-0.2, 0) is 11.2 Å². The van der Waals surface area contributed by atoms with E-state index in [-0.39, 0.29) is 18.5 Å². The number of nitrogens with one attached hydrogen (secondary N) is 2. The van der Waals surface area contributed by atoms with Crippen LogP contribution in [0.2, 0.25) is 0 Å². The summed E-state index contributed by atoms with van der Waals surface area (Å²) in [6, 6.07) is 6.72. The largest absolute Gasteiger partial charge is 0.481 e. The number of anilines is 1. The Hall–Kier alpha value is -2.04. The second kappa shape index (κ2) is 8.29. The third kappa shape index (κ3) is 5.85. The van der Waals surface area contributed by atoms with Gasteiger partial charge in [-0.3, -0.25) is 4.79 Å². The number of carboxylic acids is 1. The molecule has 1 unspecified atom stereocenters. The Morgan fingerprint density at radius 2 is 1.90 bits per heavy atom. The molecule has 1 atom stereocenters. The summed E-state index contributed by atoms with van der Waals surface area (Å²) in [5, 5.41) is 14.4. The normalized spacial score (nSPS) is 12.0. The molecule has 0 spiro atoms. The Morgan fingerprint density at radius 3 is 2.48 bits per heavy atom. The topological polar surface area (TPSA) is 78.4 Å². The van der Waals surface area contributed by atoms with Gasteiger partial charge in [0.15, 0.2) is 0 Å². The van der Waals surface area contributed by atoms with E-state index in [0.717, 1.165) is 12.8 Å². The summed E-state index contributed by atoms with van der Waals surface area (Å²) in [4.78, 5) is 22.6. The zero-order valence-electron chi connectivity index (χ0n) is 12.8. The lowest BCUT2D eigenvalue weighted by molar-refractivity contribution is -0.136. The molecule has 0 bridgehead atoms. The van der Waals surface area contributed by atoms with Crippen LogP contribution in [-0.4, -0.2) is 23.1 Å². The van der Waals surface area contributed by atoms with Crippen LogP contribution in [0, 0.1) is 5.92 Å². The fourth-order valence-corrected chi connectivity index (χ4v) is 2.42. The molecule has 0 fully saturated rings. The van der Waals surface area contributed by atoms with Gasteiger partial charge in [-0.15, -0.1) is 0 Å². The number of aliphatic carboxylic acids is 1. The molecule has 0 heterocycles. The van der Waals surface area contributed by atoms with Crippen LogP contribution >= 0.6 is 0 Å². The Balaban J connectivity index is 2.60. The molecule has 0 saturated carbocycles. The van der Waals surface area contributed by atoms with Gasteiger partial charge in [0.1, 0.15) is 0 Å². The number of benzene rings is 1. The maximum Gasteiger partial charge on any atom is 0.319 e. The summed E-state index contributed by atoms with van der Waals surface area (Å²) in [5.41, 5.74) is 1.26. The van der Waals surface area contributed by atoms with Gasteiger partial charge >= 0.3 is 12.0 Å². The summed E-state index contributed by atoms with van der Waals surface area (Å²) >= 11 is 0. The van der Waals surface area contributed by atoms with Gasteiger partial charge in [-0.25, -0.2) is 4.79 Å². The summed E-state index contributed by atoms with van der Waals surface area (Å²) in [7, 11) is 0. The van der Waals surface area contributed by atoms with Crippen molar-refractivity contribution in [3.05, 3.63) is 29.8 Å². The molecule has 1 aromatic rings. The third-order valence-electron chi connectivity index (χ3n) is 3.65. The standard InChI is InChI=1S/C16H24N2O3/c1-4-13(5-2)11(3)17-16(21)18-14-8-6-7-12(9-14)10-15(19)20/h6-9,11,13H,4-5,10H2,1-3H3,(H,19,20)(H2,17,18,21). The lowest BCUT2D eigenvalue weighted by Gasteiger charge is -2.22. The van der Waals surface area contributed by atoms with Crippen LogP contribution in [0.4, 0.5) is 10.5 Å². The predicted octanol–water partition coefficient (Wildman–Crippen LogP) is 3.26. The summed E-state index contributed by atoms with van der Waals surface area (Å²) in [5.74, 6) is -0.437. The zero-order valence-corrected chi connectivity index (χ0v) is 12.8. The number of hydrogen-bond acceptors (Lipinski definition) is 2. The number of amides is 2. The molecule has 116 valence electrons. The molecule has 3 N–H and O–H groups in total. The van der Waals surface area contributed by atoms with Crippen molar-refractivity contribution in [2.45, 2.75) is 46.1 Å². The van der Waals surface area contributed by atoms with Crippen LogP contribution in [0.3, 0.4) is 0 Å². The zero-order chi connectivity index (χ0) is 15.8. The van der Waals surface area contributed by atoms with Gasteiger partial charge in [0.25, 0.3) is 0 Å². The average Bonchev–Trinajstić information content (AvgIpc) is 2.39. The van der Waals surface area contributed by atoms with Crippen molar-refractivity contribution >= 4 is 17.7 Å². The molecular weight excluding hydrogens is 268 g/mol. The lowest BCUT2D eigenvalue weighted by Crippen LogP contribution is -2.40. The number of rotatable bonds is 7. The monoisotopic (exact) mass is 292 g/mol. The molecule has 1 aromatic carbocycles. The van der Waals surface area contributed by atoms with E-state index in [4.69, 9.17) is 5.11 Å². The van der Waals surface area contributed by atoms with Crippen molar-refractivity contribution < 1.29 is 14.7 Å². The highest BCUT2D eigenvalue weighted by Crippen LogP contribution is 2.14. The Kier molecular flexibility index (Phi) is 6.72. The molecular formula is C16H24N2O3. The van der Waals surface area contributed by atoms with Gasteiger partial charge in [0.2, 0.25) is 0 Å². The first-order valence-electron chi connectivity index (χ1n) is 7.34. The van der Waals surface area contributed by atoms with Crippen molar-refractivity contribution in [2.75, 3.05) is 5.32 Å². The molecule has 5 heteroatoms. The Labute approximate surface area is 125 Å². The van der Waals surface area contributed by atoms with Crippen LogP contribution in [0.5, 0.6) is 0 Å². The fourth-order valence-electron chi connectivity index (χ4n) is 2.42. The molecule has 0 aliphatic heterocycles. The van der Waals surface area contributed by atoms with E-state index < -0.39 is 5.97 Å². The van der Waals surface area contributed by atoms with Gasteiger partial charge in [-0.2, -0.15) is 0 Å². The SMILES string of the molecule is CCC(CC)C(C)NC(=O)Nc1cccc(CC(=O)O)c1. The first kappa shape index (κ1) is 17.0. The number of hydrogen-bond donors (Lipinski definition) is 3. The van der Waals surface area contributed by atoms with Gasteiger partial charge in [0.05, 0.1) is 6.42 Å². The molecule has 2 amide bonds. The van der Waals surface area contributed by atoms with Crippen molar-refractivity contribution in [3.63, 3.8) is 0 Å². The Bertz CT molecular complexity index is 484. The second-order valence-electron chi connectivity index (χ2n) is 5.23. The third-order valence-corrected chi connectivity index (χ3v) is 3.65. The summed E-state index contributed by atoms with van der Waals surface area (Å²) in [6.07, 6.45) is 1.99. The van der Waals surface area contributed by atoms with E-state index in [1.165, 1.54) is 0 Å². The smallest absolute Gasteiger partial charge is 0.319 e. The molecule has 0 saturated heterocycles. The van der Waals surface area contributed by atoms with Crippen LogP contribution in [0.25, 0.3) is 0 Å². The van der Waals surface area contributed by atoms with Crippen molar-refractivity contribution in [1.29, 1.82) is 0 Å². The highest BCUT2D eigenvalue weighted by molar-refractivity contribution is 5.89. The first-order chi connectivity index (χ1) is 9.96. The number of urea groups is 1. The minimum Gasteiger partial charge on any atom is -0.481 e. The Morgan fingerprint density at radius 1 is 1.24 bits per heavy atom. The van der Waals surface area contributed by atoms with Crippen LogP contribution < -0.4 is 10.6 Å². The molecule has 5 nitrogen and oxygen atoms in total. The molecule has 21 heavy (non-hydrogen) atoms. The van der Waals surface area contributed by atoms with Gasteiger partial charge in [-0.05, 0) is 30.5 Å². The van der Waals surface area contributed by atoms with Crippen molar-refractivity contribution in [2.24, 2.45) is 5.92 Å². The van der Waals surface area contributed by atoms with Crippen LogP contribution in [0.15, 0.2) is 24.3 Å². The van der Waals surface area contributed by atoms with E-state index in [1.807, 2.05) is 6.92 Å². The van der Waals surface area contributed by atoms with Crippen LogP contribution in [0.1, 0.15) is 39.2 Å². The summed E-state index contributed by atoms with van der Waals surface area (Å²) < 4.78 is 0.